The molecule has 1 aliphatic rings. The third kappa shape index (κ3) is 5.18. The van der Waals surface area contributed by atoms with Gasteiger partial charge in [-0.2, -0.15) is 0 Å². The minimum absolute atomic E-state index is 0.00587. The van der Waals surface area contributed by atoms with Crippen molar-refractivity contribution < 1.29 is 13.2 Å². The van der Waals surface area contributed by atoms with Crippen molar-refractivity contribution >= 4 is 15.7 Å². The van der Waals surface area contributed by atoms with Crippen LogP contribution in [0.1, 0.15) is 19.3 Å². The second kappa shape index (κ2) is 6.89. The maximum Gasteiger partial charge on any atom is 0.223 e. The van der Waals surface area contributed by atoms with Crippen LogP contribution in [0, 0.1) is 0 Å². The lowest BCUT2D eigenvalue weighted by molar-refractivity contribution is -0.130. The monoisotopic (exact) mass is 274 g/mol. The smallest absolute Gasteiger partial charge is 0.223 e. The van der Waals surface area contributed by atoms with Gasteiger partial charge in [-0.1, -0.05) is 6.08 Å². The normalized spacial score (nSPS) is 22.4. The third-order valence-corrected chi connectivity index (χ3v) is 4.79. The number of carbonyl (C=O) groups excluding carboxylic acids is 1. The van der Waals surface area contributed by atoms with E-state index in [9.17, 15) is 13.2 Å². The van der Waals surface area contributed by atoms with Gasteiger partial charge < -0.3 is 10.2 Å². The molecule has 0 aromatic carbocycles. The number of sulfone groups is 1. The predicted molar refractivity (Wildman–Crippen MR) is 72.1 cm³/mol. The summed E-state index contributed by atoms with van der Waals surface area (Å²) in [4.78, 5) is 13.5. The van der Waals surface area contributed by atoms with Crippen molar-refractivity contribution in [3.05, 3.63) is 12.7 Å². The lowest BCUT2D eigenvalue weighted by Gasteiger charge is -2.25. The van der Waals surface area contributed by atoms with E-state index in [-0.39, 0.29) is 29.9 Å². The SMILES string of the molecule is C=CCCCN(C)C(=O)CC1CS(=O)(=O)CCN1. The van der Waals surface area contributed by atoms with Crippen LogP contribution >= 0.6 is 0 Å². The molecular weight excluding hydrogens is 252 g/mol. The zero-order valence-corrected chi connectivity index (χ0v) is 11.7. The summed E-state index contributed by atoms with van der Waals surface area (Å²) in [5.41, 5.74) is 0. The molecule has 0 spiro atoms. The van der Waals surface area contributed by atoms with Crippen LogP contribution in [-0.4, -0.2) is 56.9 Å². The van der Waals surface area contributed by atoms with E-state index in [0.29, 0.717) is 13.1 Å². The first kappa shape index (κ1) is 15.2. The molecule has 0 aromatic rings. The number of hydrogen-bond acceptors (Lipinski definition) is 4. The number of carbonyl (C=O) groups is 1. The van der Waals surface area contributed by atoms with Gasteiger partial charge in [0.2, 0.25) is 5.91 Å². The highest BCUT2D eigenvalue weighted by atomic mass is 32.2. The van der Waals surface area contributed by atoms with Gasteiger partial charge in [0.25, 0.3) is 0 Å². The average molecular weight is 274 g/mol. The molecule has 1 unspecified atom stereocenters. The van der Waals surface area contributed by atoms with Crippen LogP contribution in [-0.2, 0) is 14.6 Å². The molecule has 18 heavy (non-hydrogen) atoms. The molecule has 1 fully saturated rings. The number of nitrogens with one attached hydrogen (secondary N) is 1. The molecule has 0 saturated carbocycles. The molecule has 0 aliphatic carbocycles. The van der Waals surface area contributed by atoms with E-state index in [2.05, 4.69) is 11.9 Å². The summed E-state index contributed by atoms with van der Waals surface area (Å²) in [6, 6.07) is -0.238. The van der Waals surface area contributed by atoms with Gasteiger partial charge in [-0.15, -0.1) is 6.58 Å². The zero-order valence-electron chi connectivity index (χ0n) is 10.9. The van der Waals surface area contributed by atoms with Gasteiger partial charge in [-0.25, -0.2) is 8.42 Å². The molecule has 6 heteroatoms. The molecule has 1 atom stereocenters. The Hall–Kier alpha value is -0.880. The van der Waals surface area contributed by atoms with Gasteiger partial charge in [0.15, 0.2) is 9.84 Å². The summed E-state index contributed by atoms with van der Waals surface area (Å²) in [5, 5.41) is 3.08. The Morgan fingerprint density at radius 2 is 2.28 bits per heavy atom. The van der Waals surface area contributed by atoms with Crippen LogP contribution in [0.4, 0.5) is 0 Å². The lowest BCUT2D eigenvalue weighted by atomic mass is 10.2. The Kier molecular flexibility index (Phi) is 5.81. The number of rotatable bonds is 6. The standard InChI is InChI=1S/C12H22N2O3S/c1-3-4-5-7-14(2)12(15)9-11-10-18(16,17)8-6-13-11/h3,11,13H,1,4-10H2,2H3. The molecule has 0 bridgehead atoms. The predicted octanol–water partition coefficient (Wildman–Crippen LogP) is 0.188. The summed E-state index contributed by atoms with van der Waals surface area (Å²) in [7, 11) is -1.22. The molecule has 0 radical (unpaired) electrons. The molecule has 1 rings (SSSR count). The van der Waals surface area contributed by atoms with E-state index in [0.717, 1.165) is 12.8 Å². The first-order chi connectivity index (χ1) is 8.44. The van der Waals surface area contributed by atoms with Crippen LogP contribution in [0.5, 0.6) is 0 Å². The Labute approximate surface area is 109 Å². The zero-order chi connectivity index (χ0) is 13.6. The van der Waals surface area contributed by atoms with Crippen LogP contribution in [0.25, 0.3) is 0 Å². The Morgan fingerprint density at radius 1 is 1.56 bits per heavy atom. The fourth-order valence-electron chi connectivity index (χ4n) is 1.96. The van der Waals surface area contributed by atoms with E-state index in [1.807, 2.05) is 6.08 Å². The third-order valence-electron chi connectivity index (χ3n) is 3.05. The second-order valence-electron chi connectivity index (χ2n) is 4.72. The van der Waals surface area contributed by atoms with Gasteiger partial charge in [-0.3, -0.25) is 4.79 Å². The van der Waals surface area contributed by atoms with E-state index < -0.39 is 9.84 Å². The number of hydrogen-bond donors (Lipinski definition) is 1. The van der Waals surface area contributed by atoms with Gasteiger partial charge in [0, 0.05) is 32.6 Å². The highest BCUT2D eigenvalue weighted by molar-refractivity contribution is 7.91. The van der Waals surface area contributed by atoms with Gasteiger partial charge >= 0.3 is 0 Å². The van der Waals surface area contributed by atoms with Crippen molar-refractivity contribution in [1.29, 1.82) is 0 Å². The minimum Gasteiger partial charge on any atom is -0.346 e. The van der Waals surface area contributed by atoms with Crippen molar-refractivity contribution in [2.75, 3.05) is 31.6 Å². The summed E-state index contributed by atoms with van der Waals surface area (Å²) in [6.07, 6.45) is 3.85. The van der Waals surface area contributed by atoms with Crippen molar-refractivity contribution in [1.82, 2.24) is 10.2 Å². The van der Waals surface area contributed by atoms with Crippen LogP contribution in [0.15, 0.2) is 12.7 Å². The Bertz CT molecular complexity index is 392. The van der Waals surface area contributed by atoms with Gasteiger partial charge in [-0.05, 0) is 12.8 Å². The van der Waals surface area contributed by atoms with E-state index in [4.69, 9.17) is 0 Å². The molecule has 1 N–H and O–H groups in total. The average Bonchev–Trinajstić information content (AvgIpc) is 2.27. The first-order valence-corrected chi connectivity index (χ1v) is 8.05. The molecule has 1 saturated heterocycles. The maximum absolute atomic E-state index is 11.9. The van der Waals surface area contributed by atoms with E-state index >= 15 is 0 Å². The Morgan fingerprint density at radius 3 is 2.89 bits per heavy atom. The van der Waals surface area contributed by atoms with Crippen LogP contribution in [0.2, 0.25) is 0 Å². The van der Waals surface area contributed by atoms with Crippen molar-refractivity contribution in [3.8, 4) is 0 Å². The lowest BCUT2D eigenvalue weighted by Crippen LogP contribution is -2.47. The fourth-order valence-corrected chi connectivity index (χ4v) is 3.41. The number of allylic oxidation sites excluding steroid dienone is 1. The Balaban J connectivity index is 2.37. The summed E-state index contributed by atoms with van der Waals surface area (Å²) < 4.78 is 22.9. The van der Waals surface area contributed by atoms with E-state index in [1.165, 1.54) is 0 Å². The molecule has 1 amide bonds. The van der Waals surface area contributed by atoms with Gasteiger partial charge in [0.05, 0.1) is 11.5 Å². The van der Waals surface area contributed by atoms with Crippen molar-refractivity contribution in [2.45, 2.75) is 25.3 Å². The van der Waals surface area contributed by atoms with Crippen molar-refractivity contribution in [2.24, 2.45) is 0 Å². The summed E-state index contributed by atoms with van der Waals surface area (Å²) >= 11 is 0. The molecule has 1 heterocycles. The maximum atomic E-state index is 11.9. The molecule has 0 aromatic heterocycles. The van der Waals surface area contributed by atoms with Crippen molar-refractivity contribution in [3.63, 3.8) is 0 Å². The molecular formula is C12H22N2O3S. The highest BCUT2D eigenvalue weighted by Gasteiger charge is 2.26. The van der Waals surface area contributed by atoms with Crippen LogP contribution < -0.4 is 5.32 Å². The largest absolute Gasteiger partial charge is 0.346 e. The fraction of sp³-hybridized carbons (Fsp3) is 0.750. The van der Waals surface area contributed by atoms with Crippen LogP contribution in [0.3, 0.4) is 0 Å². The highest BCUT2D eigenvalue weighted by Crippen LogP contribution is 2.07. The topological polar surface area (TPSA) is 66.5 Å². The number of nitrogens with zero attached hydrogens (tertiary/aromatic N) is 1. The minimum atomic E-state index is -2.97. The summed E-state index contributed by atoms with van der Waals surface area (Å²) in [6.45, 7) is 4.76. The molecule has 5 nitrogen and oxygen atoms in total. The second-order valence-corrected chi connectivity index (χ2v) is 6.94. The summed E-state index contributed by atoms with van der Waals surface area (Å²) in [5.74, 6) is 0.236. The molecule has 1 aliphatic heterocycles. The molecule has 104 valence electrons. The number of unbranched alkanes of at least 4 members (excludes halogenated alkanes) is 1. The van der Waals surface area contributed by atoms with E-state index in [1.54, 1.807) is 11.9 Å². The van der Waals surface area contributed by atoms with Gasteiger partial charge in [0.1, 0.15) is 0 Å². The quantitative estimate of drug-likeness (QED) is 0.554. The number of amides is 1. The first-order valence-electron chi connectivity index (χ1n) is 6.23.